The molecule has 0 saturated carbocycles. The van der Waals surface area contributed by atoms with E-state index in [0.717, 1.165) is 61.2 Å². The molecule has 0 bridgehead atoms. The lowest BCUT2D eigenvalue weighted by atomic mass is 10.0. The number of thioether (sulfide) groups is 1. The molecule has 0 unspecified atom stereocenters. The number of benzene rings is 1. The lowest BCUT2D eigenvalue weighted by Crippen LogP contribution is -2.31. The fourth-order valence-corrected chi connectivity index (χ4v) is 3.92. The molecule has 0 N–H and O–H groups in total. The van der Waals surface area contributed by atoms with Gasteiger partial charge in [-0.3, -0.25) is 0 Å². The van der Waals surface area contributed by atoms with Gasteiger partial charge in [-0.05, 0) is 49.6 Å². The molecule has 0 aliphatic carbocycles. The number of piperidine rings is 1. The van der Waals surface area contributed by atoms with E-state index in [4.69, 9.17) is 21.3 Å². The van der Waals surface area contributed by atoms with Gasteiger partial charge in [0.05, 0.1) is 6.61 Å². The van der Waals surface area contributed by atoms with Gasteiger partial charge in [0.1, 0.15) is 16.7 Å². The number of aromatic nitrogens is 2. The second-order valence-corrected chi connectivity index (χ2v) is 8.01. The zero-order chi connectivity index (χ0) is 19.1. The maximum atomic E-state index is 6.58. The molecule has 1 fully saturated rings. The van der Waals surface area contributed by atoms with Crippen LogP contribution in [0.15, 0.2) is 29.4 Å². The van der Waals surface area contributed by atoms with Crippen molar-refractivity contribution < 1.29 is 4.74 Å². The van der Waals surface area contributed by atoms with E-state index >= 15 is 0 Å². The van der Waals surface area contributed by atoms with Gasteiger partial charge < -0.3 is 9.64 Å². The lowest BCUT2D eigenvalue weighted by Gasteiger charge is -2.30. The highest BCUT2D eigenvalue weighted by Gasteiger charge is 2.20. The molecule has 3 rings (SSSR count). The minimum absolute atomic E-state index is 0.568. The standard InChI is InChI=1S/C21H28ClN3OS/c1-3-4-14-26-17-10-8-16(9-11-17)15-18-19(22)23-21(27-2)24-20(18)25-12-6-5-7-13-25/h8-11H,3-7,12-15H2,1-2H3. The molecule has 2 heterocycles. The van der Waals surface area contributed by atoms with E-state index in [9.17, 15) is 0 Å². The SMILES string of the molecule is CCCCOc1ccc(Cc2c(Cl)nc(SC)nc2N2CCCCC2)cc1. The van der Waals surface area contributed by atoms with Crippen LogP contribution < -0.4 is 9.64 Å². The first-order valence-corrected chi connectivity index (χ1v) is 11.4. The normalized spacial score (nSPS) is 14.4. The topological polar surface area (TPSA) is 38.3 Å². The van der Waals surface area contributed by atoms with Crippen LogP contribution in [0.2, 0.25) is 5.15 Å². The van der Waals surface area contributed by atoms with Gasteiger partial charge in [-0.1, -0.05) is 48.8 Å². The van der Waals surface area contributed by atoms with Gasteiger partial charge in [0.15, 0.2) is 5.16 Å². The summed E-state index contributed by atoms with van der Waals surface area (Å²) in [6.07, 6.45) is 8.65. The average Bonchev–Trinajstić information content (AvgIpc) is 2.71. The van der Waals surface area contributed by atoms with Gasteiger partial charge in [0, 0.05) is 25.1 Å². The summed E-state index contributed by atoms with van der Waals surface area (Å²) in [5.41, 5.74) is 2.22. The third kappa shape index (κ3) is 5.52. The Hall–Kier alpha value is -1.46. The van der Waals surface area contributed by atoms with Crippen LogP contribution >= 0.6 is 23.4 Å². The highest BCUT2D eigenvalue weighted by molar-refractivity contribution is 7.98. The molecule has 27 heavy (non-hydrogen) atoms. The predicted octanol–water partition coefficient (Wildman–Crippen LogP) is 5.61. The first-order chi connectivity index (χ1) is 13.2. The molecule has 1 aliphatic rings. The molecule has 0 radical (unpaired) electrons. The largest absolute Gasteiger partial charge is 0.494 e. The predicted molar refractivity (Wildman–Crippen MR) is 115 cm³/mol. The molecular formula is C21H28ClN3OS. The van der Waals surface area contributed by atoms with Gasteiger partial charge in [-0.25, -0.2) is 9.97 Å². The number of hydrogen-bond acceptors (Lipinski definition) is 5. The zero-order valence-corrected chi connectivity index (χ0v) is 17.8. The van der Waals surface area contributed by atoms with E-state index in [1.54, 1.807) is 0 Å². The second kappa shape index (κ2) is 10.2. The first-order valence-electron chi connectivity index (χ1n) is 9.78. The van der Waals surface area contributed by atoms with E-state index in [1.165, 1.54) is 36.6 Å². The molecule has 2 aromatic rings. The van der Waals surface area contributed by atoms with Crippen molar-refractivity contribution in [2.45, 2.75) is 50.6 Å². The van der Waals surface area contributed by atoms with Crippen LogP contribution in [-0.4, -0.2) is 35.9 Å². The summed E-state index contributed by atoms with van der Waals surface area (Å²) in [4.78, 5) is 11.7. The molecule has 1 aromatic heterocycles. The number of anilines is 1. The number of hydrogen-bond donors (Lipinski definition) is 0. The first kappa shape index (κ1) is 20.3. The summed E-state index contributed by atoms with van der Waals surface area (Å²) in [5, 5.41) is 1.31. The molecular weight excluding hydrogens is 378 g/mol. The number of ether oxygens (including phenoxy) is 1. The lowest BCUT2D eigenvalue weighted by molar-refractivity contribution is 0.309. The fraction of sp³-hybridized carbons (Fsp3) is 0.524. The third-order valence-corrected chi connectivity index (χ3v) is 5.68. The summed E-state index contributed by atoms with van der Waals surface area (Å²) in [7, 11) is 0. The number of unbranched alkanes of at least 4 members (excludes halogenated alkanes) is 1. The maximum Gasteiger partial charge on any atom is 0.190 e. The van der Waals surface area contributed by atoms with Crippen molar-refractivity contribution in [2.75, 3.05) is 30.9 Å². The van der Waals surface area contributed by atoms with E-state index in [2.05, 4.69) is 28.9 Å². The summed E-state index contributed by atoms with van der Waals surface area (Å²) < 4.78 is 5.76. The molecule has 0 spiro atoms. The minimum atomic E-state index is 0.568. The molecule has 0 atom stereocenters. The van der Waals surface area contributed by atoms with Crippen molar-refractivity contribution in [3.05, 3.63) is 40.5 Å². The van der Waals surface area contributed by atoms with Gasteiger partial charge in [-0.15, -0.1) is 0 Å². The third-order valence-electron chi connectivity index (χ3n) is 4.82. The van der Waals surface area contributed by atoms with Crippen LogP contribution in [0.5, 0.6) is 5.75 Å². The van der Waals surface area contributed by atoms with Gasteiger partial charge in [0.25, 0.3) is 0 Å². The Labute approximate surface area is 171 Å². The van der Waals surface area contributed by atoms with Gasteiger partial charge >= 0.3 is 0 Å². The minimum Gasteiger partial charge on any atom is -0.494 e. The van der Waals surface area contributed by atoms with E-state index in [0.29, 0.717) is 5.15 Å². The van der Waals surface area contributed by atoms with Crippen molar-refractivity contribution in [2.24, 2.45) is 0 Å². The van der Waals surface area contributed by atoms with Crippen LogP contribution in [0.1, 0.15) is 50.2 Å². The van der Waals surface area contributed by atoms with Crippen LogP contribution in [0, 0.1) is 0 Å². The Morgan fingerprint density at radius 1 is 1.11 bits per heavy atom. The van der Waals surface area contributed by atoms with Gasteiger partial charge in [0.2, 0.25) is 0 Å². The van der Waals surface area contributed by atoms with Crippen LogP contribution in [0.25, 0.3) is 0 Å². The Kier molecular flexibility index (Phi) is 7.65. The smallest absolute Gasteiger partial charge is 0.190 e. The van der Waals surface area contributed by atoms with Crippen molar-refractivity contribution in [1.82, 2.24) is 9.97 Å². The molecule has 1 aliphatic heterocycles. The Morgan fingerprint density at radius 2 is 1.85 bits per heavy atom. The monoisotopic (exact) mass is 405 g/mol. The number of halogens is 1. The van der Waals surface area contributed by atoms with Crippen molar-refractivity contribution in [3.8, 4) is 5.75 Å². The van der Waals surface area contributed by atoms with E-state index in [1.807, 2.05) is 18.4 Å². The summed E-state index contributed by atoms with van der Waals surface area (Å²) in [6.45, 7) is 5.02. The molecule has 4 nitrogen and oxygen atoms in total. The number of nitrogens with zero attached hydrogens (tertiary/aromatic N) is 3. The fourth-order valence-electron chi connectivity index (χ4n) is 3.28. The van der Waals surface area contributed by atoms with Crippen LogP contribution in [-0.2, 0) is 6.42 Å². The zero-order valence-electron chi connectivity index (χ0n) is 16.2. The quantitative estimate of drug-likeness (QED) is 0.247. The molecule has 1 saturated heterocycles. The summed E-state index contributed by atoms with van der Waals surface area (Å²) in [5.74, 6) is 1.92. The highest BCUT2D eigenvalue weighted by Crippen LogP contribution is 2.31. The Bertz CT molecular complexity index is 733. The Morgan fingerprint density at radius 3 is 2.52 bits per heavy atom. The van der Waals surface area contributed by atoms with Crippen LogP contribution in [0.3, 0.4) is 0 Å². The van der Waals surface area contributed by atoms with Crippen LogP contribution in [0.4, 0.5) is 5.82 Å². The van der Waals surface area contributed by atoms with E-state index < -0.39 is 0 Å². The van der Waals surface area contributed by atoms with Crippen molar-refractivity contribution >= 4 is 29.2 Å². The second-order valence-electron chi connectivity index (χ2n) is 6.87. The summed E-state index contributed by atoms with van der Waals surface area (Å²) >= 11 is 8.12. The molecule has 6 heteroatoms. The molecule has 146 valence electrons. The molecule has 0 amide bonds. The highest BCUT2D eigenvalue weighted by atomic mass is 35.5. The number of rotatable bonds is 8. The summed E-state index contributed by atoms with van der Waals surface area (Å²) in [6, 6.07) is 8.30. The van der Waals surface area contributed by atoms with Crippen molar-refractivity contribution in [1.29, 1.82) is 0 Å². The average molecular weight is 406 g/mol. The van der Waals surface area contributed by atoms with Gasteiger partial charge in [-0.2, -0.15) is 0 Å². The maximum absolute atomic E-state index is 6.58. The van der Waals surface area contributed by atoms with Crippen molar-refractivity contribution in [3.63, 3.8) is 0 Å². The van der Waals surface area contributed by atoms with E-state index in [-0.39, 0.29) is 0 Å². The Balaban J connectivity index is 1.80. The molecule has 1 aromatic carbocycles.